The molecule has 0 amide bonds. The number of sulfonamides is 1. The number of nitrogens with one attached hydrogen (secondary N) is 1. The van der Waals surface area contributed by atoms with Crippen LogP contribution in [0, 0.1) is 11.8 Å². The topological polar surface area (TPSA) is 49.4 Å². The van der Waals surface area contributed by atoms with Crippen molar-refractivity contribution in [3.63, 3.8) is 0 Å². The second-order valence-electron chi connectivity index (χ2n) is 6.30. The molecule has 1 aliphatic carbocycles. The van der Waals surface area contributed by atoms with Gasteiger partial charge in [-0.1, -0.05) is 13.8 Å². The molecule has 1 N–H and O–H groups in total. The van der Waals surface area contributed by atoms with Crippen molar-refractivity contribution >= 4 is 10.0 Å². The van der Waals surface area contributed by atoms with Crippen LogP contribution in [-0.2, 0) is 10.0 Å². The highest BCUT2D eigenvalue weighted by Crippen LogP contribution is 2.25. The second kappa shape index (κ2) is 5.47. The predicted octanol–water partition coefficient (Wildman–Crippen LogP) is 1.43. The minimum absolute atomic E-state index is 0.310. The summed E-state index contributed by atoms with van der Waals surface area (Å²) in [5, 5.41) is 3.01. The first-order chi connectivity index (χ1) is 8.39. The smallest absolute Gasteiger partial charge is 0.217 e. The summed E-state index contributed by atoms with van der Waals surface area (Å²) in [7, 11) is -3.12. The Bertz CT molecular complexity index is 368. The van der Waals surface area contributed by atoms with Crippen molar-refractivity contribution in [2.24, 2.45) is 11.8 Å². The van der Waals surface area contributed by atoms with Crippen molar-refractivity contribution in [3.05, 3.63) is 0 Å². The van der Waals surface area contributed by atoms with Crippen LogP contribution in [0.25, 0.3) is 0 Å². The summed E-state index contributed by atoms with van der Waals surface area (Å²) in [6.07, 6.45) is 3.54. The first-order valence-corrected chi connectivity index (χ1v) is 8.62. The van der Waals surface area contributed by atoms with E-state index in [1.165, 1.54) is 12.8 Å². The van der Waals surface area contributed by atoms with Gasteiger partial charge < -0.3 is 5.32 Å². The number of hydrogen-bond donors (Lipinski definition) is 1. The number of nitrogens with zero attached hydrogens (tertiary/aromatic N) is 1. The quantitative estimate of drug-likeness (QED) is 0.825. The molecule has 0 spiro atoms. The van der Waals surface area contributed by atoms with Gasteiger partial charge in [0.2, 0.25) is 10.0 Å². The van der Waals surface area contributed by atoms with Crippen LogP contribution in [0.4, 0.5) is 0 Å². The molecule has 1 aliphatic heterocycles. The SMILES string of the molecule is CC1CC(C)CN(S(=O)(=O)C(C)CNC2CC2)C1. The van der Waals surface area contributed by atoms with E-state index in [-0.39, 0.29) is 5.25 Å². The zero-order chi connectivity index (χ0) is 13.3. The molecule has 5 heteroatoms. The van der Waals surface area contributed by atoms with Gasteiger partial charge in [-0.15, -0.1) is 0 Å². The Balaban J connectivity index is 1.94. The van der Waals surface area contributed by atoms with Gasteiger partial charge >= 0.3 is 0 Å². The monoisotopic (exact) mass is 274 g/mol. The fourth-order valence-corrected chi connectivity index (χ4v) is 4.53. The first-order valence-electron chi connectivity index (χ1n) is 7.12. The Morgan fingerprint density at radius 3 is 2.28 bits per heavy atom. The summed E-state index contributed by atoms with van der Waals surface area (Å²) in [6.45, 7) is 8.10. The largest absolute Gasteiger partial charge is 0.313 e. The standard InChI is InChI=1S/C13H26N2O2S/c1-10-6-11(2)9-15(8-10)18(16,17)12(3)7-14-13-4-5-13/h10-14H,4-9H2,1-3H3. The van der Waals surface area contributed by atoms with Gasteiger partial charge in [0.15, 0.2) is 0 Å². The Kier molecular flexibility index (Phi) is 4.34. The van der Waals surface area contributed by atoms with E-state index in [2.05, 4.69) is 19.2 Å². The number of piperidine rings is 1. The lowest BCUT2D eigenvalue weighted by Crippen LogP contribution is -2.48. The number of hydrogen-bond acceptors (Lipinski definition) is 3. The molecular formula is C13H26N2O2S. The molecule has 0 aromatic carbocycles. The van der Waals surface area contributed by atoms with Gasteiger partial charge in [-0.3, -0.25) is 0 Å². The lowest BCUT2D eigenvalue weighted by molar-refractivity contribution is 0.221. The summed E-state index contributed by atoms with van der Waals surface area (Å²) in [5.74, 6) is 0.958. The molecule has 1 saturated carbocycles. The zero-order valence-corrected chi connectivity index (χ0v) is 12.5. The average molecular weight is 274 g/mol. The third-order valence-electron chi connectivity index (χ3n) is 3.98. The van der Waals surface area contributed by atoms with Crippen molar-refractivity contribution in [2.45, 2.75) is 51.3 Å². The molecule has 3 atom stereocenters. The van der Waals surface area contributed by atoms with Crippen LogP contribution < -0.4 is 5.32 Å². The van der Waals surface area contributed by atoms with Crippen LogP contribution in [-0.4, -0.2) is 43.6 Å². The van der Waals surface area contributed by atoms with E-state index >= 15 is 0 Å². The summed E-state index contributed by atoms with van der Waals surface area (Å²) in [6, 6.07) is 0.571. The van der Waals surface area contributed by atoms with Crippen molar-refractivity contribution in [1.29, 1.82) is 0 Å². The summed E-state index contributed by atoms with van der Waals surface area (Å²) in [5.41, 5.74) is 0. The maximum Gasteiger partial charge on any atom is 0.217 e. The van der Waals surface area contributed by atoms with Crippen LogP contribution in [0.5, 0.6) is 0 Å². The van der Waals surface area contributed by atoms with Gasteiger partial charge in [0, 0.05) is 25.7 Å². The van der Waals surface area contributed by atoms with Crippen molar-refractivity contribution in [1.82, 2.24) is 9.62 Å². The van der Waals surface area contributed by atoms with Crippen LogP contribution in [0.1, 0.15) is 40.0 Å². The van der Waals surface area contributed by atoms with Gasteiger partial charge in [0.05, 0.1) is 5.25 Å². The molecule has 1 saturated heterocycles. The molecule has 2 rings (SSSR count). The third-order valence-corrected chi connectivity index (χ3v) is 6.18. The zero-order valence-electron chi connectivity index (χ0n) is 11.7. The predicted molar refractivity (Wildman–Crippen MR) is 73.9 cm³/mol. The summed E-state index contributed by atoms with van der Waals surface area (Å²) >= 11 is 0. The summed E-state index contributed by atoms with van der Waals surface area (Å²) < 4.78 is 26.7. The average Bonchev–Trinajstić information content (AvgIpc) is 3.08. The van der Waals surface area contributed by atoms with Crippen molar-refractivity contribution in [2.75, 3.05) is 19.6 Å². The highest BCUT2D eigenvalue weighted by Gasteiger charge is 2.34. The van der Waals surface area contributed by atoms with E-state index in [0.717, 1.165) is 6.42 Å². The molecule has 2 aliphatic rings. The molecule has 3 unspecified atom stereocenters. The van der Waals surface area contributed by atoms with Gasteiger partial charge in [-0.05, 0) is 38.0 Å². The molecule has 106 valence electrons. The highest BCUT2D eigenvalue weighted by molar-refractivity contribution is 7.89. The van der Waals surface area contributed by atoms with E-state index in [1.54, 1.807) is 4.31 Å². The van der Waals surface area contributed by atoms with Crippen molar-refractivity contribution in [3.8, 4) is 0 Å². The molecule has 0 bridgehead atoms. The number of rotatable bonds is 5. The van der Waals surface area contributed by atoms with Crippen LogP contribution >= 0.6 is 0 Å². The second-order valence-corrected chi connectivity index (χ2v) is 8.65. The fraction of sp³-hybridized carbons (Fsp3) is 1.00. The van der Waals surface area contributed by atoms with E-state index < -0.39 is 10.0 Å². The molecule has 1 heterocycles. The lowest BCUT2D eigenvalue weighted by Gasteiger charge is -2.35. The van der Waals surface area contributed by atoms with E-state index in [0.29, 0.717) is 37.5 Å². The van der Waals surface area contributed by atoms with Crippen molar-refractivity contribution < 1.29 is 8.42 Å². The van der Waals surface area contributed by atoms with E-state index in [9.17, 15) is 8.42 Å². The molecule has 2 fully saturated rings. The Hall–Kier alpha value is -0.130. The van der Waals surface area contributed by atoms with E-state index in [1.807, 2.05) is 6.92 Å². The molecule has 4 nitrogen and oxygen atoms in total. The normalized spacial score (nSPS) is 32.4. The van der Waals surface area contributed by atoms with Crippen LogP contribution in [0.15, 0.2) is 0 Å². The van der Waals surface area contributed by atoms with Gasteiger partial charge in [-0.2, -0.15) is 0 Å². The Morgan fingerprint density at radius 1 is 1.22 bits per heavy atom. The highest BCUT2D eigenvalue weighted by atomic mass is 32.2. The molecule has 18 heavy (non-hydrogen) atoms. The van der Waals surface area contributed by atoms with Gasteiger partial charge in [0.1, 0.15) is 0 Å². The summed E-state index contributed by atoms with van der Waals surface area (Å²) in [4.78, 5) is 0. The first kappa shape index (κ1) is 14.3. The fourth-order valence-electron chi connectivity index (χ4n) is 2.79. The van der Waals surface area contributed by atoms with Gasteiger partial charge in [0.25, 0.3) is 0 Å². The molecular weight excluding hydrogens is 248 g/mol. The van der Waals surface area contributed by atoms with Gasteiger partial charge in [-0.25, -0.2) is 12.7 Å². The maximum absolute atomic E-state index is 12.5. The molecule has 0 aromatic rings. The minimum Gasteiger partial charge on any atom is -0.313 e. The molecule has 0 aromatic heterocycles. The Labute approximate surface area is 111 Å². The van der Waals surface area contributed by atoms with E-state index in [4.69, 9.17) is 0 Å². The van der Waals surface area contributed by atoms with Crippen LogP contribution in [0.3, 0.4) is 0 Å². The van der Waals surface area contributed by atoms with Crippen LogP contribution in [0.2, 0.25) is 0 Å². The maximum atomic E-state index is 12.5. The Morgan fingerprint density at radius 2 is 1.78 bits per heavy atom. The molecule has 0 radical (unpaired) electrons. The third kappa shape index (κ3) is 3.45. The lowest BCUT2D eigenvalue weighted by atomic mass is 9.94. The minimum atomic E-state index is -3.12.